The Bertz CT molecular complexity index is 2580. The molecule has 310 valence electrons. The van der Waals surface area contributed by atoms with Crippen LogP contribution in [0, 0.1) is 11.3 Å². The molecule has 0 fully saturated rings. The van der Waals surface area contributed by atoms with Crippen molar-refractivity contribution in [2.45, 2.75) is 12.5 Å². The van der Waals surface area contributed by atoms with Gasteiger partial charge in [-0.05, 0) is 84.4 Å². The Morgan fingerprint density at radius 2 is 1.18 bits per heavy atom. The number of anilines is 4. The molecule has 1 atom stereocenters. The smallest absolute Gasteiger partial charge is 0.339 e. The van der Waals surface area contributed by atoms with Crippen LogP contribution in [0.15, 0.2) is 109 Å². The summed E-state index contributed by atoms with van der Waals surface area (Å²) < 4.78 is 24.7. The second-order valence-corrected chi connectivity index (χ2v) is 12.7. The van der Waals surface area contributed by atoms with Gasteiger partial charge in [0.2, 0.25) is 5.91 Å². The van der Waals surface area contributed by atoms with E-state index in [1.807, 2.05) is 6.07 Å². The molecule has 0 aliphatic heterocycles. The Balaban J connectivity index is 1.18. The zero-order chi connectivity index (χ0) is 44.2. The molecule has 17 nitrogen and oxygen atoms in total. The average Bonchev–Trinajstić information content (AvgIpc) is 3.24. The SMILES string of the molecule is COc1c(NC(=O)c2ccc(NC(=O)c3ccc(NC(=O)C(CC#N)NC(=O)c4ccc(NC(=O)C(F)=Cc5ccccc5)cc4)cc3)c(OC)c2O)ccc(C(=O)O)c1O. The number of ether oxygens (including phenoxy) is 2. The van der Waals surface area contributed by atoms with Crippen LogP contribution in [-0.2, 0) is 9.59 Å². The molecule has 61 heavy (non-hydrogen) atoms. The fourth-order valence-electron chi connectivity index (χ4n) is 5.63. The van der Waals surface area contributed by atoms with Crippen molar-refractivity contribution in [3.8, 4) is 29.1 Å². The number of amides is 5. The Morgan fingerprint density at radius 3 is 1.72 bits per heavy atom. The van der Waals surface area contributed by atoms with E-state index in [9.17, 15) is 53.7 Å². The second-order valence-electron chi connectivity index (χ2n) is 12.7. The van der Waals surface area contributed by atoms with Crippen LogP contribution in [0.2, 0.25) is 0 Å². The standard InChI is InChI=1S/C43H35FN6O11/c1-60-36-31(18-16-28(34(36)51)40(55)49-32-19-17-29(43(58)59)35(52)37(32)61-2)48-38(53)24-10-14-27(15-11-24)47-42(57)33(20-21-45)50-39(54)25-8-12-26(13-9-25)46-41(56)30(44)22-23-6-4-3-5-7-23/h3-19,22,33,51-52H,20H2,1-2H3,(H,46,56)(H,47,57)(H,48,53)(H,49,55)(H,50,54)(H,58,59). The summed E-state index contributed by atoms with van der Waals surface area (Å²) >= 11 is 0. The van der Waals surface area contributed by atoms with Crippen LogP contribution in [-0.4, -0.2) is 71.1 Å². The number of aromatic carboxylic acids is 1. The number of hydrogen-bond acceptors (Lipinski definition) is 11. The fraction of sp³-hybridized carbons (Fsp3) is 0.0930. The molecular formula is C43H35FN6O11. The van der Waals surface area contributed by atoms with E-state index >= 15 is 0 Å². The first-order chi connectivity index (χ1) is 29.2. The number of carboxylic acids is 1. The van der Waals surface area contributed by atoms with Crippen LogP contribution in [0.3, 0.4) is 0 Å². The summed E-state index contributed by atoms with van der Waals surface area (Å²) in [6.07, 6.45) is 0.678. The van der Waals surface area contributed by atoms with Gasteiger partial charge >= 0.3 is 5.97 Å². The number of aromatic hydroxyl groups is 2. The second kappa shape index (κ2) is 19.6. The number of phenolic OH excluding ortho intramolecular Hbond substituents is 1. The molecule has 0 saturated carbocycles. The first-order valence-corrected chi connectivity index (χ1v) is 17.8. The van der Waals surface area contributed by atoms with Gasteiger partial charge in [0.1, 0.15) is 11.6 Å². The van der Waals surface area contributed by atoms with Crippen LogP contribution >= 0.6 is 0 Å². The minimum atomic E-state index is -1.43. The van der Waals surface area contributed by atoms with E-state index in [0.29, 0.717) is 5.56 Å². The highest BCUT2D eigenvalue weighted by Gasteiger charge is 2.25. The maximum atomic E-state index is 14.4. The Morgan fingerprint density at radius 1 is 0.672 bits per heavy atom. The first kappa shape index (κ1) is 43.4. The van der Waals surface area contributed by atoms with Crippen LogP contribution in [0.4, 0.5) is 27.1 Å². The number of phenols is 2. The number of hydrogen-bond donors (Lipinski definition) is 8. The molecule has 0 bridgehead atoms. The van der Waals surface area contributed by atoms with Crippen molar-refractivity contribution in [1.82, 2.24) is 5.32 Å². The highest BCUT2D eigenvalue weighted by molar-refractivity contribution is 6.11. The van der Waals surface area contributed by atoms with Gasteiger partial charge in [0.25, 0.3) is 23.6 Å². The molecule has 8 N–H and O–H groups in total. The summed E-state index contributed by atoms with van der Waals surface area (Å²) in [6, 6.07) is 24.6. The number of nitrogens with zero attached hydrogens (tertiary/aromatic N) is 1. The lowest BCUT2D eigenvalue weighted by Crippen LogP contribution is -2.43. The van der Waals surface area contributed by atoms with Gasteiger partial charge in [-0.25, -0.2) is 9.18 Å². The maximum absolute atomic E-state index is 14.4. The van der Waals surface area contributed by atoms with E-state index in [0.717, 1.165) is 19.3 Å². The Labute approximate surface area is 346 Å². The molecule has 5 aromatic rings. The van der Waals surface area contributed by atoms with Crippen molar-refractivity contribution in [3.05, 3.63) is 137 Å². The Hall–Kier alpha value is -8.72. The predicted molar refractivity (Wildman–Crippen MR) is 219 cm³/mol. The Kier molecular flexibility index (Phi) is 14.0. The van der Waals surface area contributed by atoms with Gasteiger partial charge in [0.05, 0.1) is 43.6 Å². The van der Waals surface area contributed by atoms with Gasteiger partial charge < -0.3 is 51.4 Å². The molecule has 0 aromatic heterocycles. The van der Waals surface area contributed by atoms with Crippen molar-refractivity contribution < 1.29 is 58.0 Å². The highest BCUT2D eigenvalue weighted by atomic mass is 19.1. The van der Waals surface area contributed by atoms with Gasteiger partial charge in [0.15, 0.2) is 28.8 Å². The molecule has 0 saturated heterocycles. The predicted octanol–water partition coefficient (Wildman–Crippen LogP) is 5.92. The fourth-order valence-corrected chi connectivity index (χ4v) is 5.63. The lowest BCUT2D eigenvalue weighted by Gasteiger charge is -2.17. The number of benzene rings is 5. The van der Waals surface area contributed by atoms with E-state index < -0.39 is 70.9 Å². The van der Waals surface area contributed by atoms with Gasteiger partial charge in [-0.3, -0.25) is 24.0 Å². The van der Waals surface area contributed by atoms with E-state index in [4.69, 9.17) is 9.47 Å². The molecule has 0 heterocycles. The van der Waals surface area contributed by atoms with Gasteiger partial charge in [-0.15, -0.1) is 0 Å². The third-order valence-corrected chi connectivity index (χ3v) is 8.69. The topological polar surface area (TPSA) is 266 Å². The van der Waals surface area contributed by atoms with Gasteiger partial charge in [-0.1, -0.05) is 30.3 Å². The molecule has 5 aromatic carbocycles. The number of nitriles is 1. The van der Waals surface area contributed by atoms with Crippen molar-refractivity contribution >= 4 is 64.3 Å². The molecule has 0 aliphatic carbocycles. The van der Waals surface area contributed by atoms with Gasteiger partial charge in [0, 0.05) is 22.5 Å². The minimum absolute atomic E-state index is 0.0284. The van der Waals surface area contributed by atoms with Crippen LogP contribution in [0.25, 0.3) is 6.08 Å². The van der Waals surface area contributed by atoms with Crippen molar-refractivity contribution in [2.24, 2.45) is 0 Å². The van der Waals surface area contributed by atoms with Gasteiger partial charge in [-0.2, -0.15) is 5.26 Å². The van der Waals surface area contributed by atoms with E-state index in [2.05, 4.69) is 26.6 Å². The molecule has 18 heteroatoms. The van der Waals surface area contributed by atoms with Crippen LogP contribution in [0.1, 0.15) is 53.4 Å². The first-order valence-electron chi connectivity index (χ1n) is 17.8. The number of carbonyl (C=O) groups excluding carboxylic acids is 5. The van der Waals surface area contributed by atoms with E-state index in [1.54, 1.807) is 30.3 Å². The summed E-state index contributed by atoms with van der Waals surface area (Å²) in [6.45, 7) is 0. The minimum Gasteiger partial charge on any atom is -0.504 e. The summed E-state index contributed by atoms with van der Waals surface area (Å²) in [5, 5.41) is 52.2. The monoisotopic (exact) mass is 830 g/mol. The number of nitrogens with one attached hydrogen (secondary N) is 5. The largest absolute Gasteiger partial charge is 0.504 e. The van der Waals surface area contributed by atoms with Crippen molar-refractivity contribution in [3.63, 3.8) is 0 Å². The summed E-state index contributed by atoms with van der Waals surface area (Å²) in [5.74, 6) is -8.48. The molecule has 5 amide bonds. The number of carboxylic acid groups (broad SMARTS) is 1. The summed E-state index contributed by atoms with van der Waals surface area (Å²) in [5.41, 5.74) is 0.166. The third-order valence-electron chi connectivity index (χ3n) is 8.69. The molecule has 1 unspecified atom stereocenters. The molecule has 5 rings (SSSR count). The van der Waals surface area contributed by atoms with E-state index in [-0.39, 0.29) is 50.9 Å². The zero-order valence-corrected chi connectivity index (χ0v) is 32.1. The lowest BCUT2D eigenvalue weighted by molar-refractivity contribution is -0.118. The number of methoxy groups -OCH3 is 2. The van der Waals surface area contributed by atoms with E-state index in [1.165, 1.54) is 73.8 Å². The molecule has 0 radical (unpaired) electrons. The average molecular weight is 831 g/mol. The third kappa shape index (κ3) is 10.6. The quantitative estimate of drug-likeness (QED) is 0.0572. The number of rotatable bonds is 15. The van der Waals surface area contributed by atoms with Crippen molar-refractivity contribution in [2.75, 3.05) is 35.5 Å². The number of halogens is 1. The zero-order valence-electron chi connectivity index (χ0n) is 32.1. The van der Waals surface area contributed by atoms with Crippen LogP contribution < -0.4 is 36.1 Å². The summed E-state index contributed by atoms with van der Waals surface area (Å²) in [4.78, 5) is 76.0. The maximum Gasteiger partial charge on any atom is 0.339 e. The summed E-state index contributed by atoms with van der Waals surface area (Å²) in [7, 11) is 2.34. The normalized spacial score (nSPS) is 11.2. The molecular weight excluding hydrogens is 796 g/mol. The number of carbonyl (C=O) groups is 6. The molecule has 0 aliphatic rings. The van der Waals surface area contributed by atoms with Crippen molar-refractivity contribution in [1.29, 1.82) is 5.26 Å². The highest BCUT2D eigenvalue weighted by Crippen LogP contribution is 2.40. The molecule has 0 spiro atoms. The lowest BCUT2D eigenvalue weighted by atomic mass is 10.1. The van der Waals surface area contributed by atoms with Crippen LogP contribution in [0.5, 0.6) is 23.0 Å².